The van der Waals surface area contributed by atoms with Crippen molar-refractivity contribution in [1.82, 2.24) is 4.98 Å². The van der Waals surface area contributed by atoms with Gasteiger partial charge in [-0.2, -0.15) is 0 Å². The van der Waals surface area contributed by atoms with Crippen LogP contribution in [0.2, 0.25) is 0 Å². The van der Waals surface area contributed by atoms with Crippen LogP contribution in [-0.4, -0.2) is 29.7 Å². The molecule has 1 amide bonds. The van der Waals surface area contributed by atoms with Crippen molar-refractivity contribution in [1.29, 1.82) is 0 Å². The Morgan fingerprint density at radius 3 is 2.73 bits per heavy atom. The van der Waals surface area contributed by atoms with Crippen LogP contribution in [0.5, 0.6) is 0 Å². The Labute approximate surface area is 163 Å². The molecule has 0 saturated carbocycles. The Morgan fingerprint density at radius 1 is 1.27 bits per heavy atom. The van der Waals surface area contributed by atoms with Gasteiger partial charge in [-0.15, -0.1) is 22.7 Å². The highest BCUT2D eigenvalue weighted by Gasteiger charge is 2.23. The van der Waals surface area contributed by atoms with Crippen molar-refractivity contribution in [3.05, 3.63) is 40.3 Å². The number of nitrogens with zero attached hydrogens (tertiary/aromatic N) is 1. The Bertz CT molecular complexity index is 929. The van der Waals surface area contributed by atoms with Gasteiger partial charge in [0.15, 0.2) is 4.34 Å². The van der Waals surface area contributed by atoms with E-state index in [2.05, 4.69) is 10.3 Å². The van der Waals surface area contributed by atoms with E-state index in [0.29, 0.717) is 17.0 Å². The van der Waals surface area contributed by atoms with Crippen molar-refractivity contribution < 1.29 is 14.3 Å². The van der Waals surface area contributed by atoms with Crippen molar-refractivity contribution in [3.8, 4) is 0 Å². The first kappa shape index (κ1) is 18.9. The SMILES string of the molecule is CCc1c(C)sc(NC(=O)CSc2nc3ccccc3s2)c1C(=O)OC. The molecule has 3 rings (SSSR count). The third-order valence-corrected chi connectivity index (χ3v) is 7.05. The van der Waals surface area contributed by atoms with E-state index in [-0.39, 0.29) is 11.7 Å². The molecule has 2 heterocycles. The van der Waals surface area contributed by atoms with E-state index in [0.717, 1.165) is 25.0 Å². The first-order valence-electron chi connectivity index (χ1n) is 8.02. The highest BCUT2D eigenvalue weighted by Crippen LogP contribution is 2.34. The van der Waals surface area contributed by atoms with Gasteiger partial charge in [-0.1, -0.05) is 30.8 Å². The largest absolute Gasteiger partial charge is 0.465 e. The summed E-state index contributed by atoms with van der Waals surface area (Å²) < 4.78 is 6.83. The fourth-order valence-electron chi connectivity index (χ4n) is 2.61. The molecule has 2 aromatic heterocycles. The zero-order valence-corrected chi connectivity index (χ0v) is 17.1. The molecule has 5 nitrogen and oxygen atoms in total. The zero-order valence-electron chi connectivity index (χ0n) is 14.6. The van der Waals surface area contributed by atoms with Crippen LogP contribution in [0.1, 0.15) is 27.7 Å². The quantitative estimate of drug-likeness (QED) is 0.473. The lowest BCUT2D eigenvalue weighted by atomic mass is 10.1. The van der Waals surface area contributed by atoms with E-state index in [4.69, 9.17) is 4.74 Å². The molecule has 0 spiro atoms. The summed E-state index contributed by atoms with van der Waals surface area (Å²) in [5, 5.41) is 3.42. The average molecular weight is 407 g/mol. The number of fused-ring (bicyclic) bond motifs is 1. The lowest BCUT2D eigenvalue weighted by molar-refractivity contribution is -0.113. The van der Waals surface area contributed by atoms with Crippen LogP contribution in [-0.2, 0) is 16.0 Å². The molecule has 1 aromatic carbocycles. The number of carbonyl (C=O) groups excluding carboxylic acids is 2. The molecule has 0 bridgehead atoms. The molecule has 136 valence electrons. The van der Waals surface area contributed by atoms with E-state index < -0.39 is 5.97 Å². The maximum absolute atomic E-state index is 12.4. The number of nitrogens with one attached hydrogen (secondary N) is 1. The molecule has 0 aliphatic carbocycles. The van der Waals surface area contributed by atoms with E-state index in [1.54, 1.807) is 11.3 Å². The third kappa shape index (κ3) is 3.92. The summed E-state index contributed by atoms with van der Waals surface area (Å²) in [6.07, 6.45) is 0.711. The second-order valence-electron chi connectivity index (χ2n) is 5.47. The molecule has 0 aliphatic heterocycles. The summed E-state index contributed by atoms with van der Waals surface area (Å²) >= 11 is 4.37. The van der Waals surface area contributed by atoms with Crippen LogP contribution in [0.15, 0.2) is 28.6 Å². The number of benzene rings is 1. The summed E-state index contributed by atoms with van der Waals surface area (Å²) in [6, 6.07) is 7.89. The van der Waals surface area contributed by atoms with Crippen LogP contribution >= 0.6 is 34.4 Å². The number of aromatic nitrogens is 1. The van der Waals surface area contributed by atoms with Crippen molar-refractivity contribution in [2.75, 3.05) is 18.2 Å². The summed E-state index contributed by atoms with van der Waals surface area (Å²) in [4.78, 5) is 30.0. The first-order valence-corrected chi connectivity index (χ1v) is 10.6. The first-order chi connectivity index (χ1) is 12.5. The monoisotopic (exact) mass is 406 g/mol. The summed E-state index contributed by atoms with van der Waals surface area (Å²) in [5.74, 6) is -0.345. The van der Waals surface area contributed by atoms with Crippen LogP contribution in [0, 0.1) is 6.92 Å². The van der Waals surface area contributed by atoms with Gasteiger partial charge in [-0.3, -0.25) is 4.79 Å². The van der Waals surface area contributed by atoms with Crippen LogP contribution in [0.4, 0.5) is 5.00 Å². The third-order valence-electron chi connectivity index (χ3n) is 3.81. The number of thiophene rings is 1. The predicted octanol–water partition coefficient (Wildman–Crippen LogP) is 4.75. The molecular weight excluding hydrogens is 388 g/mol. The summed E-state index contributed by atoms with van der Waals surface area (Å²) in [5.41, 5.74) is 2.33. The van der Waals surface area contributed by atoms with Gasteiger partial charge >= 0.3 is 5.97 Å². The molecular formula is C18H18N2O3S3. The van der Waals surface area contributed by atoms with Crippen molar-refractivity contribution in [2.24, 2.45) is 0 Å². The Balaban J connectivity index is 1.71. The minimum absolute atomic E-state index is 0.164. The molecule has 0 radical (unpaired) electrons. The van der Waals surface area contributed by atoms with E-state index in [1.807, 2.05) is 38.1 Å². The van der Waals surface area contributed by atoms with Gasteiger partial charge in [-0.05, 0) is 31.0 Å². The van der Waals surface area contributed by atoms with E-state index in [1.165, 1.54) is 30.2 Å². The average Bonchev–Trinajstić information content (AvgIpc) is 3.19. The minimum Gasteiger partial charge on any atom is -0.465 e. The zero-order chi connectivity index (χ0) is 18.7. The number of ether oxygens (including phenoxy) is 1. The second-order valence-corrected chi connectivity index (χ2v) is 8.95. The number of thioether (sulfide) groups is 1. The van der Waals surface area contributed by atoms with Crippen LogP contribution in [0.25, 0.3) is 10.2 Å². The van der Waals surface area contributed by atoms with Crippen molar-refractivity contribution in [3.63, 3.8) is 0 Å². The summed E-state index contributed by atoms with van der Waals surface area (Å²) in [7, 11) is 1.35. The number of amides is 1. The van der Waals surface area contributed by atoms with Crippen molar-refractivity contribution >= 4 is 61.5 Å². The maximum atomic E-state index is 12.4. The van der Waals surface area contributed by atoms with Gasteiger partial charge < -0.3 is 10.1 Å². The minimum atomic E-state index is -0.416. The molecule has 0 unspecified atom stereocenters. The number of methoxy groups -OCH3 is 1. The number of esters is 1. The van der Waals surface area contributed by atoms with Crippen LogP contribution < -0.4 is 5.32 Å². The molecule has 0 aliphatic rings. The highest BCUT2D eigenvalue weighted by molar-refractivity contribution is 8.01. The Kier molecular flexibility index (Phi) is 5.95. The normalized spacial score (nSPS) is 10.9. The van der Waals surface area contributed by atoms with Gasteiger partial charge in [-0.25, -0.2) is 9.78 Å². The number of hydrogen-bond acceptors (Lipinski definition) is 7. The number of anilines is 1. The number of thiazole rings is 1. The lowest BCUT2D eigenvalue weighted by Crippen LogP contribution is -2.16. The lowest BCUT2D eigenvalue weighted by Gasteiger charge is -2.06. The maximum Gasteiger partial charge on any atom is 0.341 e. The number of hydrogen-bond donors (Lipinski definition) is 1. The molecule has 1 N–H and O–H groups in total. The second kappa shape index (κ2) is 8.20. The van der Waals surface area contributed by atoms with Crippen molar-refractivity contribution in [2.45, 2.75) is 24.6 Å². The molecule has 26 heavy (non-hydrogen) atoms. The number of carbonyl (C=O) groups is 2. The molecule has 0 saturated heterocycles. The van der Waals surface area contributed by atoms with Gasteiger partial charge in [0.25, 0.3) is 0 Å². The van der Waals surface area contributed by atoms with Gasteiger partial charge in [0.1, 0.15) is 5.00 Å². The van der Waals surface area contributed by atoms with E-state index >= 15 is 0 Å². The number of aryl methyl sites for hydroxylation is 1. The fraction of sp³-hybridized carbons (Fsp3) is 0.278. The Morgan fingerprint density at radius 2 is 2.04 bits per heavy atom. The highest BCUT2D eigenvalue weighted by atomic mass is 32.2. The Hall–Kier alpha value is -1.90. The smallest absolute Gasteiger partial charge is 0.341 e. The molecule has 8 heteroatoms. The van der Waals surface area contributed by atoms with E-state index in [9.17, 15) is 9.59 Å². The summed E-state index contributed by atoms with van der Waals surface area (Å²) in [6.45, 7) is 3.93. The van der Waals surface area contributed by atoms with Gasteiger partial charge in [0, 0.05) is 4.88 Å². The molecule has 3 aromatic rings. The topological polar surface area (TPSA) is 68.3 Å². The van der Waals surface area contributed by atoms with Crippen LogP contribution in [0.3, 0.4) is 0 Å². The molecule has 0 fully saturated rings. The number of para-hydroxylation sites is 1. The molecule has 0 atom stereocenters. The predicted molar refractivity (Wildman–Crippen MR) is 109 cm³/mol. The fourth-order valence-corrected chi connectivity index (χ4v) is 5.63. The van der Waals surface area contributed by atoms with Gasteiger partial charge in [0.2, 0.25) is 5.91 Å². The van der Waals surface area contributed by atoms with Gasteiger partial charge in [0.05, 0.1) is 28.6 Å². The number of rotatable bonds is 6. The standard InChI is InChI=1S/C18H18N2O3S3/c1-4-11-10(2)25-16(15(11)17(22)23-3)20-14(21)9-24-18-19-12-7-5-6-8-13(12)26-18/h5-8H,4,9H2,1-3H3,(H,20,21).